The fourth-order valence-corrected chi connectivity index (χ4v) is 3.94. The number of aryl methyl sites for hydroxylation is 1. The summed E-state index contributed by atoms with van der Waals surface area (Å²) in [5.74, 6) is -0.499. The second-order valence-electron chi connectivity index (χ2n) is 7.74. The van der Waals surface area contributed by atoms with Crippen molar-refractivity contribution in [1.82, 2.24) is 4.57 Å². The van der Waals surface area contributed by atoms with Gasteiger partial charge in [0.15, 0.2) is 0 Å². The highest BCUT2D eigenvalue weighted by molar-refractivity contribution is 5.94. The van der Waals surface area contributed by atoms with Gasteiger partial charge in [0.05, 0.1) is 5.56 Å². The Hall–Kier alpha value is -3.08. The molecule has 0 amide bonds. The maximum atomic E-state index is 13.0. The zero-order chi connectivity index (χ0) is 20.0. The molecule has 0 aliphatic heterocycles. The van der Waals surface area contributed by atoms with E-state index < -0.39 is 5.97 Å². The van der Waals surface area contributed by atoms with Gasteiger partial charge in [0, 0.05) is 29.9 Å². The molecule has 5 heteroatoms. The molecule has 1 aliphatic carbocycles. The number of para-hydroxylation sites is 1. The third-order valence-corrected chi connectivity index (χ3v) is 5.56. The first-order valence-electron chi connectivity index (χ1n) is 9.60. The van der Waals surface area contributed by atoms with Gasteiger partial charge in [-0.3, -0.25) is 4.79 Å². The van der Waals surface area contributed by atoms with E-state index in [-0.39, 0.29) is 17.2 Å². The van der Waals surface area contributed by atoms with Crippen LogP contribution in [-0.4, -0.2) is 15.6 Å². The summed E-state index contributed by atoms with van der Waals surface area (Å²) >= 11 is 0. The van der Waals surface area contributed by atoms with Crippen molar-refractivity contribution in [2.75, 3.05) is 5.32 Å². The molecule has 1 aromatic heterocycles. The van der Waals surface area contributed by atoms with Crippen LogP contribution in [0.2, 0.25) is 0 Å². The third-order valence-electron chi connectivity index (χ3n) is 5.56. The van der Waals surface area contributed by atoms with Crippen LogP contribution in [0.3, 0.4) is 0 Å². The summed E-state index contributed by atoms with van der Waals surface area (Å²) in [7, 11) is 1.85. The topological polar surface area (TPSA) is 71.3 Å². The van der Waals surface area contributed by atoms with E-state index in [2.05, 4.69) is 17.4 Å². The predicted molar refractivity (Wildman–Crippen MR) is 111 cm³/mol. The molecule has 0 radical (unpaired) electrons. The molecule has 2 aromatic carbocycles. The van der Waals surface area contributed by atoms with Crippen LogP contribution >= 0.6 is 0 Å². The fourth-order valence-electron chi connectivity index (χ4n) is 3.94. The summed E-state index contributed by atoms with van der Waals surface area (Å²) in [6.45, 7) is 3.98. The van der Waals surface area contributed by atoms with E-state index in [1.54, 1.807) is 22.8 Å². The van der Waals surface area contributed by atoms with Gasteiger partial charge in [-0.05, 0) is 73.4 Å². The predicted octanol–water partition coefficient (Wildman–Crippen LogP) is 4.60. The van der Waals surface area contributed by atoms with E-state index in [0.717, 1.165) is 35.0 Å². The Morgan fingerprint density at radius 1 is 1.18 bits per heavy atom. The lowest BCUT2D eigenvalue weighted by Crippen LogP contribution is -2.21. The number of hydrogen-bond acceptors (Lipinski definition) is 3. The van der Waals surface area contributed by atoms with Crippen molar-refractivity contribution in [3.05, 3.63) is 75.2 Å². The molecular formula is C23H24N2O3. The average molecular weight is 376 g/mol. The van der Waals surface area contributed by atoms with Crippen LogP contribution < -0.4 is 10.9 Å². The van der Waals surface area contributed by atoms with Gasteiger partial charge in [-0.2, -0.15) is 0 Å². The zero-order valence-electron chi connectivity index (χ0n) is 16.3. The van der Waals surface area contributed by atoms with E-state index in [0.29, 0.717) is 17.0 Å². The molecule has 5 nitrogen and oxygen atoms in total. The summed E-state index contributed by atoms with van der Waals surface area (Å²) in [4.78, 5) is 24.5. The summed E-state index contributed by atoms with van der Waals surface area (Å²) in [5.41, 5.74) is 3.95. The highest BCUT2D eigenvalue weighted by Gasteiger charge is 2.27. The number of nitrogens with one attached hydrogen (secondary N) is 1. The van der Waals surface area contributed by atoms with Gasteiger partial charge in [-0.1, -0.05) is 18.2 Å². The molecule has 1 fully saturated rings. The van der Waals surface area contributed by atoms with E-state index in [4.69, 9.17) is 0 Å². The Morgan fingerprint density at radius 2 is 1.89 bits per heavy atom. The number of hydrogen-bond donors (Lipinski definition) is 2. The number of aromatic nitrogens is 1. The van der Waals surface area contributed by atoms with Crippen LogP contribution in [-0.2, 0) is 7.05 Å². The van der Waals surface area contributed by atoms with Crippen molar-refractivity contribution in [1.29, 1.82) is 0 Å². The molecule has 144 valence electrons. The Morgan fingerprint density at radius 3 is 2.57 bits per heavy atom. The average Bonchev–Trinajstić information content (AvgIpc) is 3.49. The second kappa shape index (κ2) is 6.82. The number of carbonyl (C=O) groups is 1. The lowest BCUT2D eigenvalue weighted by molar-refractivity contribution is 0.0698. The van der Waals surface area contributed by atoms with Crippen LogP contribution in [0.4, 0.5) is 5.69 Å². The van der Waals surface area contributed by atoms with E-state index in [1.165, 1.54) is 0 Å². The fraction of sp³-hybridized carbons (Fsp3) is 0.304. The Bertz CT molecular complexity index is 1140. The van der Waals surface area contributed by atoms with Crippen LogP contribution in [0.5, 0.6) is 0 Å². The van der Waals surface area contributed by atoms with Gasteiger partial charge < -0.3 is 15.0 Å². The lowest BCUT2D eigenvalue weighted by atomic mass is 9.96. The maximum Gasteiger partial charge on any atom is 0.337 e. The Labute approximate surface area is 163 Å². The highest BCUT2D eigenvalue weighted by atomic mass is 16.4. The van der Waals surface area contributed by atoms with Gasteiger partial charge in [0.25, 0.3) is 5.56 Å². The number of fused-ring (bicyclic) bond motifs is 1. The summed E-state index contributed by atoms with van der Waals surface area (Å²) in [6, 6.07) is 12.9. The van der Waals surface area contributed by atoms with Crippen LogP contribution in [0.25, 0.3) is 10.8 Å². The van der Waals surface area contributed by atoms with Crippen molar-refractivity contribution in [3.8, 4) is 0 Å². The smallest absolute Gasteiger partial charge is 0.337 e. The van der Waals surface area contributed by atoms with Gasteiger partial charge in [-0.25, -0.2) is 4.79 Å². The molecule has 0 unspecified atom stereocenters. The number of benzene rings is 2. The number of carboxylic acids is 1. The molecular weight excluding hydrogens is 352 g/mol. The molecule has 4 rings (SSSR count). The first-order chi connectivity index (χ1) is 13.4. The van der Waals surface area contributed by atoms with Gasteiger partial charge in [0.2, 0.25) is 0 Å². The van der Waals surface area contributed by atoms with E-state index >= 15 is 0 Å². The molecule has 0 spiro atoms. The van der Waals surface area contributed by atoms with Crippen molar-refractivity contribution in [2.45, 2.75) is 38.6 Å². The molecule has 1 heterocycles. The van der Waals surface area contributed by atoms with Gasteiger partial charge in [-0.15, -0.1) is 0 Å². The van der Waals surface area contributed by atoms with Gasteiger partial charge >= 0.3 is 5.97 Å². The molecule has 3 aromatic rings. The molecule has 0 saturated heterocycles. The Kier molecular flexibility index (Phi) is 4.46. The number of nitrogens with zero attached hydrogens (tertiary/aromatic N) is 1. The highest BCUT2D eigenvalue weighted by Crippen LogP contribution is 2.41. The minimum atomic E-state index is -0.964. The van der Waals surface area contributed by atoms with Crippen LogP contribution in [0.15, 0.2) is 47.3 Å². The zero-order valence-corrected chi connectivity index (χ0v) is 16.3. The first-order valence-corrected chi connectivity index (χ1v) is 9.60. The molecule has 0 bridgehead atoms. The quantitative estimate of drug-likeness (QED) is 0.683. The normalized spacial score (nSPS) is 14.8. The first kappa shape index (κ1) is 18.3. The lowest BCUT2D eigenvalue weighted by Gasteiger charge is -2.21. The summed E-state index contributed by atoms with van der Waals surface area (Å²) in [5, 5.41) is 14.4. The summed E-state index contributed by atoms with van der Waals surface area (Å²) in [6.07, 6.45) is 2.25. The van der Waals surface area contributed by atoms with Gasteiger partial charge in [0.1, 0.15) is 0 Å². The number of rotatable bonds is 5. The number of pyridine rings is 1. The van der Waals surface area contributed by atoms with Crippen molar-refractivity contribution in [2.24, 2.45) is 7.05 Å². The number of anilines is 1. The minimum Gasteiger partial charge on any atom is -0.478 e. The van der Waals surface area contributed by atoms with Crippen molar-refractivity contribution >= 4 is 22.4 Å². The second-order valence-corrected chi connectivity index (χ2v) is 7.74. The largest absolute Gasteiger partial charge is 0.478 e. The maximum absolute atomic E-state index is 13.0. The minimum absolute atomic E-state index is 0.0301. The number of aromatic carboxylic acids is 1. The van der Waals surface area contributed by atoms with E-state index in [1.807, 2.05) is 33.0 Å². The number of carboxylic acid groups (broad SMARTS) is 1. The third kappa shape index (κ3) is 3.17. The standard InChI is InChI=1S/C23H24N2O3/c1-13-10-17(14(2)24-20-7-5-4-6-16(20)23(27)28)18-12-21(15-8-9-15)25(3)22(26)19(18)11-13/h4-7,10-12,14-15,24H,8-9H2,1-3H3,(H,27,28)/t14-/m1/s1. The van der Waals surface area contributed by atoms with Crippen LogP contribution in [0, 0.1) is 6.92 Å². The van der Waals surface area contributed by atoms with Crippen LogP contribution in [0.1, 0.15) is 58.9 Å². The Balaban J connectivity index is 1.84. The molecule has 1 aliphatic rings. The monoisotopic (exact) mass is 376 g/mol. The molecule has 2 N–H and O–H groups in total. The summed E-state index contributed by atoms with van der Waals surface area (Å²) < 4.78 is 1.78. The van der Waals surface area contributed by atoms with Crippen molar-refractivity contribution < 1.29 is 9.90 Å². The molecule has 1 atom stereocenters. The molecule has 1 saturated carbocycles. The van der Waals surface area contributed by atoms with E-state index in [9.17, 15) is 14.7 Å². The molecule has 28 heavy (non-hydrogen) atoms. The SMILES string of the molecule is Cc1cc([C@@H](C)Nc2ccccc2C(=O)O)c2cc(C3CC3)n(C)c(=O)c2c1. The van der Waals surface area contributed by atoms with Crippen molar-refractivity contribution in [3.63, 3.8) is 0 Å².